The van der Waals surface area contributed by atoms with Gasteiger partial charge in [-0.2, -0.15) is 4.98 Å². The average Bonchev–Trinajstić information content (AvgIpc) is 3.12. The van der Waals surface area contributed by atoms with Crippen molar-refractivity contribution in [3.63, 3.8) is 0 Å². The first-order valence-electron chi connectivity index (χ1n) is 10.8. The second kappa shape index (κ2) is 12.2. The number of hydrogen-bond acceptors (Lipinski definition) is 9. The lowest BCUT2D eigenvalue weighted by molar-refractivity contribution is -0.149. The van der Waals surface area contributed by atoms with E-state index in [1.54, 1.807) is 12.5 Å². The summed E-state index contributed by atoms with van der Waals surface area (Å²) in [6, 6.07) is -0.682. The normalized spacial score (nSPS) is 13.3. The highest BCUT2D eigenvalue weighted by atomic mass is 16.5. The minimum atomic E-state index is -0.682. The number of imidazole rings is 1. The molecule has 0 aliphatic carbocycles. The van der Waals surface area contributed by atoms with Crippen LogP contribution in [0.15, 0.2) is 12.5 Å². The van der Waals surface area contributed by atoms with Crippen LogP contribution in [0.25, 0.3) is 11.2 Å². The standard InChI is InChI=1S/C21H34N6O4/c1-4-5-6-7-17(28)30-9-8-15(12-31-20(29)18(22)14(2)3)11-27-13-25-16-10-24-21(23)26-19(16)27/h10,13-15,18H,4-9,11-12,22H2,1-3H3,(H2,23,24,26)/t15?,18-/m0/s1. The van der Waals surface area contributed by atoms with Gasteiger partial charge in [0.1, 0.15) is 11.6 Å². The molecule has 2 heterocycles. The molecule has 0 saturated carbocycles. The highest BCUT2D eigenvalue weighted by Gasteiger charge is 2.22. The summed E-state index contributed by atoms with van der Waals surface area (Å²) < 4.78 is 12.6. The quantitative estimate of drug-likeness (QED) is 0.357. The maximum atomic E-state index is 12.2. The lowest BCUT2D eigenvalue weighted by Crippen LogP contribution is -2.38. The Bertz CT molecular complexity index is 854. The molecule has 1 unspecified atom stereocenters. The summed E-state index contributed by atoms with van der Waals surface area (Å²) in [7, 11) is 0. The highest BCUT2D eigenvalue weighted by molar-refractivity contribution is 5.75. The third kappa shape index (κ3) is 7.78. The van der Waals surface area contributed by atoms with E-state index in [-0.39, 0.29) is 37.0 Å². The molecule has 0 aromatic carbocycles. The molecule has 172 valence electrons. The Morgan fingerprint density at radius 1 is 1.19 bits per heavy atom. The number of unbranched alkanes of at least 4 members (excludes halogenated alkanes) is 2. The van der Waals surface area contributed by atoms with E-state index in [4.69, 9.17) is 20.9 Å². The van der Waals surface area contributed by atoms with Crippen LogP contribution in [0.5, 0.6) is 0 Å². The fourth-order valence-electron chi connectivity index (χ4n) is 3.01. The number of rotatable bonds is 13. The third-order valence-corrected chi connectivity index (χ3v) is 5.06. The number of fused-ring (bicyclic) bond motifs is 1. The first-order chi connectivity index (χ1) is 14.8. The minimum absolute atomic E-state index is 0.0210. The number of aromatic nitrogens is 4. The summed E-state index contributed by atoms with van der Waals surface area (Å²) in [5, 5.41) is 0. The van der Waals surface area contributed by atoms with Crippen LogP contribution in [-0.4, -0.2) is 50.7 Å². The van der Waals surface area contributed by atoms with Gasteiger partial charge in [-0.05, 0) is 18.8 Å². The second-order valence-electron chi connectivity index (χ2n) is 8.07. The number of carbonyl (C=O) groups excluding carboxylic acids is 2. The Labute approximate surface area is 182 Å². The van der Waals surface area contributed by atoms with Gasteiger partial charge in [0, 0.05) is 18.9 Å². The van der Waals surface area contributed by atoms with Crippen LogP contribution < -0.4 is 11.5 Å². The molecule has 0 spiro atoms. The number of carbonyl (C=O) groups is 2. The van der Waals surface area contributed by atoms with E-state index in [0.29, 0.717) is 30.6 Å². The number of nitrogen functional groups attached to an aromatic ring is 1. The zero-order valence-electron chi connectivity index (χ0n) is 18.6. The smallest absolute Gasteiger partial charge is 0.323 e. The molecule has 0 saturated heterocycles. The molecule has 31 heavy (non-hydrogen) atoms. The molecule has 0 aliphatic rings. The van der Waals surface area contributed by atoms with Gasteiger partial charge < -0.3 is 25.5 Å². The topological polar surface area (TPSA) is 148 Å². The van der Waals surface area contributed by atoms with Gasteiger partial charge in [-0.1, -0.05) is 33.6 Å². The van der Waals surface area contributed by atoms with Crippen LogP contribution >= 0.6 is 0 Å². The number of esters is 2. The molecule has 4 N–H and O–H groups in total. The van der Waals surface area contributed by atoms with Gasteiger partial charge in [-0.15, -0.1) is 0 Å². The van der Waals surface area contributed by atoms with Gasteiger partial charge in [0.15, 0.2) is 5.65 Å². The molecule has 10 heteroatoms. The van der Waals surface area contributed by atoms with Crippen LogP contribution in [0.3, 0.4) is 0 Å². The lowest BCUT2D eigenvalue weighted by Gasteiger charge is -2.20. The van der Waals surface area contributed by atoms with Crippen LogP contribution in [0.1, 0.15) is 52.9 Å². The number of ether oxygens (including phenoxy) is 2. The highest BCUT2D eigenvalue weighted by Crippen LogP contribution is 2.16. The van der Waals surface area contributed by atoms with E-state index in [2.05, 4.69) is 21.9 Å². The fraction of sp³-hybridized carbons (Fsp3) is 0.667. The van der Waals surface area contributed by atoms with E-state index in [1.807, 2.05) is 18.4 Å². The predicted molar refractivity (Wildman–Crippen MR) is 117 cm³/mol. The van der Waals surface area contributed by atoms with Crippen LogP contribution in [-0.2, 0) is 25.6 Å². The molecule has 0 aliphatic heterocycles. The van der Waals surface area contributed by atoms with E-state index >= 15 is 0 Å². The van der Waals surface area contributed by atoms with Crippen molar-refractivity contribution in [3.8, 4) is 0 Å². The van der Waals surface area contributed by atoms with Gasteiger partial charge in [0.05, 0.1) is 25.7 Å². The molecule has 2 rings (SSSR count). The second-order valence-corrected chi connectivity index (χ2v) is 8.07. The minimum Gasteiger partial charge on any atom is -0.466 e. The van der Waals surface area contributed by atoms with Gasteiger partial charge in [-0.25, -0.2) is 9.97 Å². The van der Waals surface area contributed by atoms with Gasteiger partial charge in [-0.3, -0.25) is 9.59 Å². The molecule has 0 fully saturated rings. The summed E-state index contributed by atoms with van der Waals surface area (Å²) in [4.78, 5) is 36.5. The van der Waals surface area contributed by atoms with Crippen LogP contribution in [0, 0.1) is 11.8 Å². The fourth-order valence-corrected chi connectivity index (χ4v) is 3.01. The first kappa shape index (κ1) is 24.5. The van der Waals surface area contributed by atoms with Crippen LogP contribution in [0.2, 0.25) is 0 Å². The summed E-state index contributed by atoms with van der Waals surface area (Å²) in [5.74, 6) is -0.646. The lowest BCUT2D eigenvalue weighted by atomic mass is 10.1. The van der Waals surface area contributed by atoms with Gasteiger partial charge in [0.25, 0.3) is 0 Å². The van der Waals surface area contributed by atoms with E-state index in [9.17, 15) is 9.59 Å². The molecular weight excluding hydrogens is 400 g/mol. The van der Waals surface area contributed by atoms with Crippen molar-refractivity contribution in [2.24, 2.45) is 17.6 Å². The van der Waals surface area contributed by atoms with E-state index in [0.717, 1.165) is 19.3 Å². The number of hydrogen-bond donors (Lipinski definition) is 2. The Hall–Kier alpha value is -2.75. The molecule has 2 aromatic heterocycles. The van der Waals surface area contributed by atoms with Crippen molar-refractivity contribution >= 4 is 29.1 Å². The zero-order valence-corrected chi connectivity index (χ0v) is 18.6. The van der Waals surface area contributed by atoms with Crippen molar-refractivity contribution in [1.29, 1.82) is 0 Å². The molecule has 0 radical (unpaired) electrons. The molecule has 2 atom stereocenters. The van der Waals surface area contributed by atoms with Crippen LogP contribution in [0.4, 0.5) is 5.95 Å². The molecule has 0 amide bonds. The maximum Gasteiger partial charge on any atom is 0.323 e. The monoisotopic (exact) mass is 434 g/mol. The van der Waals surface area contributed by atoms with Gasteiger partial charge >= 0.3 is 11.9 Å². The Kier molecular flexibility index (Phi) is 9.64. The van der Waals surface area contributed by atoms with E-state index in [1.165, 1.54) is 0 Å². The van der Waals surface area contributed by atoms with E-state index < -0.39 is 12.0 Å². The summed E-state index contributed by atoms with van der Waals surface area (Å²) in [6.45, 7) is 6.66. The number of nitrogens with two attached hydrogens (primary N) is 2. The van der Waals surface area contributed by atoms with Crippen molar-refractivity contribution in [3.05, 3.63) is 12.5 Å². The van der Waals surface area contributed by atoms with Gasteiger partial charge in [0.2, 0.25) is 5.95 Å². The third-order valence-electron chi connectivity index (χ3n) is 5.06. The summed E-state index contributed by atoms with van der Waals surface area (Å²) in [5.41, 5.74) is 12.8. The largest absolute Gasteiger partial charge is 0.466 e. The summed E-state index contributed by atoms with van der Waals surface area (Å²) in [6.07, 6.45) is 7.01. The Balaban J connectivity index is 2.00. The summed E-state index contributed by atoms with van der Waals surface area (Å²) >= 11 is 0. The average molecular weight is 435 g/mol. The number of nitrogens with zero attached hydrogens (tertiary/aromatic N) is 4. The Morgan fingerprint density at radius 3 is 2.68 bits per heavy atom. The predicted octanol–water partition coefficient (Wildman–Crippen LogP) is 2.06. The van der Waals surface area contributed by atoms with Crippen molar-refractivity contribution in [1.82, 2.24) is 19.5 Å². The Morgan fingerprint density at radius 2 is 1.97 bits per heavy atom. The first-order valence-corrected chi connectivity index (χ1v) is 10.8. The zero-order chi connectivity index (χ0) is 22.8. The van der Waals surface area contributed by atoms with Crippen molar-refractivity contribution in [2.45, 2.75) is 65.5 Å². The SMILES string of the molecule is CCCCCC(=O)OCCC(COC(=O)[C@@H](N)C(C)C)Cn1cnc2cnc(N)nc21. The molecule has 2 aromatic rings. The molecular formula is C21H34N6O4. The van der Waals surface area contributed by atoms with Crippen molar-refractivity contribution in [2.75, 3.05) is 18.9 Å². The maximum absolute atomic E-state index is 12.2. The number of anilines is 1. The molecule has 10 nitrogen and oxygen atoms in total. The van der Waals surface area contributed by atoms with Crippen molar-refractivity contribution < 1.29 is 19.1 Å². The molecule has 0 bridgehead atoms.